The zero-order valence-electron chi connectivity index (χ0n) is 13.6. The van der Waals surface area contributed by atoms with Crippen LogP contribution in [0.15, 0.2) is 15.9 Å². The lowest BCUT2D eigenvalue weighted by Crippen LogP contribution is -2.40. The first-order valence-electron chi connectivity index (χ1n) is 7.53. The number of imidazole rings is 1. The molecular formula is C14H23N5O4. The van der Waals surface area contributed by atoms with Gasteiger partial charge in [-0.3, -0.25) is 13.9 Å². The molecule has 0 unspecified atom stereocenters. The van der Waals surface area contributed by atoms with Crippen molar-refractivity contribution in [2.75, 3.05) is 13.2 Å². The highest BCUT2D eigenvalue weighted by molar-refractivity contribution is 5.69. The molecule has 0 radical (unpaired) electrons. The molecule has 0 saturated carbocycles. The summed E-state index contributed by atoms with van der Waals surface area (Å²) in [5.41, 5.74) is -0.311. The summed E-state index contributed by atoms with van der Waals surface area (Å²) in [5.74, 6) is 0. The predicted octanol–water partition coefficient (Wildman–Crippen LogP) is -1.84. The molecule has 0 aliphatic carbocycles. The summed E-state index contributed by atoms with van der Waals surface area (Å²) < 4.78 is 3.87. The minimum absolute atomic E-state index is 0.000119. The van der Waals surface area contributed by atoms with Crippen molar-refractivity contribution >= 4 is 11.2 Å². The Bertz CT molecular complexity index is 787. The van der Waals surface area contributed by atoms with Gasteiger partial charge >= 0.3 is 5.69 Å². The monoisotopic (exact) mass is 325 g/mol. The van der Waals surface area contributed by atoms with E-state index in [2.05, 4.69) is 10.3 Å². The van der Waals surface area contributed by atoms with E-state index in [-0.39, 0.29) is 31.3 Å². The van der Waals surface area contributed by atoms with Gasteiger partial charge in [0.15, 0.2) is 11.2 Å². The molecule has 0 spiro atoms. The van der Waals surface area contributed by atoms with Crippen LogP contribution in [-0.2, 0) is 20.6 Å². The van der Waals surface area contributed by atoms with E-state index >= 15 is 0 Å². The Labute approximate surface area is 132 Å². The summed E-state index contributed by atoms with van der Waals surface area (Å²) in [6.45, 7) is 2.39. The fraction of sp³-hybridized carbons (Fsp3) is 0.643. The van der Waals surface area contributed by atoms with Gasteiger partial charge < -0.3 is 20.1 Å². The maximum atomic E-state index is 12.3. The molecule has 0 aliphatic rings. The number of nitrogens with one attached hydrogen (secondary N) is 1. The van der Waals surface area contributed by atoms with Crippen LogP contribution >= 0.6 is 0 Å². The second kappa shape index (κ2) is 7.07. The minimum atomic E-state index is -0.755. The van der Waals surface area contributed by atoms with E-state index in [0.717, 1.165) is 11.0 Å². The van der Waals surface area contributed by atoms with E-state index in [9.17, 15) is 14.7 Å². The molecule has 2 heterocycles. The summed E-state index contributed by atoms with van der Waals surface area (Å²) >= 11 is 0. The van der Waals surface area contributed by atoms with Crippen molar-refractivity contribution < 1.29 is 10.2 Å². The van der Waals surface area contributed by atoms with Crippen molar-refractivity contribution in [3.05, 3.63) is 27.2 Å². The van der Waals surface area contributed by atoms with Gasteiger partial charge in [-0.2, -0.15) is 0 Å². The minimum Gasteiger partial charge on any atom is -0.395 e. The molecule has 0 bridgehead atoms. The van der Waals surface area contributed by atoms with Crippen molar-refractivity contribution in [1.29, 1.82) is 0 Å². The van der Waals surface area contributed by atoms with Crippen LogP contribution in [0.3, 0.4) is 0 Å². The number of rotatable bonds is 7. The van der Waals surface area contributed by atoms with Gasteiger partial charge in [0.05, 0.1) is 25.6 Å². The number of hydrogen-bond acceptors (Lipinski definition) is 6. The Balaban J connectivity index is 2.25. The lowest BCUT2D eigenvalue weighted by molar-refractivity contribution is 0.140. The number of aliphatic hydroxyl groups excluding tert-OH is 2. The summed E-state index contributed by atoms with van der Waals surface area (Å²) in [7, 11) is 2.96. The molecule has 2 rings (SSSR count). The van der Waals surface area contributed by atoms with Crippen LogP contribution in [0.2, 0.25) is 0 Å². The van der Waals surface area contributed by atoms with Gasteiger partial charge in [0.25, 0.3) is 5.56 Å². The van der Waals surface area contributed by atoms with E-state index in [1.165, 1.54) is 17.9 Å². The topological polar surface area (TPSA) is 114 Å². The summed E-state index contributed by atoms with van der Waals surface area (Å²) in [5, 5.41) is 22.3. The van der Waals surface area contributed by atoms with Crippen molar-refractivity contribution in [3.8, 4) is 0 Å². The molecular weight excluding hydrogens is 302 g/mol. The van der Waals surface area contributed by atoms with Crippen LogP contribution in [0.5, 0.6) is 0 Å². The molecule has 0 aliphatic heterocycles. The van der Waals surface area contributed by atoms with Crippen molar-refractivity contribution in [2.45, 2.75) is 32.0 Å². The SMILES string of the molecule is CC[C@H](CO)NC[C@H](O)Cn1cnc2c1c(=O)n(C)c(=O)n2C. The zero-order valence-corrected chi connectivity index (χ0v) is 13.6. The molecule has 3 N–H and O–H groups in total. The van der Waals surface area contributed by atoms with Gasteiger partial charge in [-0.15, -0.1) is 0 Å². The number of aromatic nitrogens is 4. The fourth-order valence-electron chi connectivity index (χ4n) is 2.47. The third-order valence-corrected chi connectivity index (χ3v) is 3.98. The second-order valence-electron chi connectivity index (χ2n) is 5.62. The van der Waals surface area contributed by atoms with Crippen molar-refractivity contribution in [1.82, 2.24) is 24.0 Å². The van der Waals surface area contributed by atoms with Crippen LogP contribution in [0.4, 0.5) is 0 Å². The van der Waals surface area contributed by atoms with Crippen LogP contribution in [0, 0.1) is 0 Å². The standard InChI is InChI=1S/C14H23N5O4/c1-4-9(7-20)15-5-10(21)6-19-8-16-12-11(19)13(22)18(3)14(23)17(12)2/h8-10,15,20-21H,4-7H2,1-3H3/t9-,10+/m1/s1. The Morgan fingerprint density at radius 3 is 2.61 bits per heavy atom. The fourth-order valence-corrected chi connectivity index (χ4v) is 2.47. The lowest BCUT2D eigenvalue weighted by Gasteiger charge is -2.18. The highest BCUT2D eigenvalue weighted by Crippen LogP contribution is 2.06. The number of nitrogens with zero attached hydrogens (tertiary/aromatic N) is 4. The maximum Gasteiger partial charge on any atom is 0.332 e. The van der Waals surface area contributed by atoms with E-state index < -0.39 is 17.4 Å². The van der Waals surface area contributed by atoms with E-state index in [4.69, 9.17) is 5.11 Å². The number of fused-ring (bicyclic) bond motifs is 1. The normalized spacial score (nSPS) is 14.3. The first kappa shape index (κ1) is 17.4. The van der Waals surface area contributed by atoms with Crippen LogP contribution in [0.1, 0.15) is 13.3 Å². The van der Waals surface area contributed by atoms with Gasteiger partial charge in [-0.25, -0.2) is 9.78 Å². The summed E-state index contributed by atoms with van der Waals surface area (Å²) in [4.78, 5) is 28.3. The van der Waals surface area contributed by atoms with E-state index in [0.29, 0.717) is 5.65 Å². The first-order valence-corrected chi connectivity index (χ1v) is 7.53. The van der Waals surface area contributed by atoms with Crippen LogP contribution in [-0.4, -0.2) is 54.2 Å². The molecule has 23 heavy (non-hydrogen) atoms. The molecule has 0 fully saturated rings. The molecule has 0 saturated heterocycles. The Morgan fingerprint density at radius 1 is 1.30 bits per heavy atom. The van der Waals surface area contributed by atoms with Gasteiger partial charge in [0.2, 0.25) is 0 Å². The van der Waals surface area contributed by atoms with Crippen LogP contribution in [0.25, 0.3) is 11.2 Å². The molecule has 128 valence electrons. The Hall–Kier alpha value is -1.97. The molecule has 2 aromatic rings. The Morgan fingerprint density at radius 2 is 2.00 bits per heavy atom. The Kier molecular flexibility index (Phi) is 5.34. The third-order valence-electron chi connectivity index (χ3n) is 3.98. The van der Waals surface area contributed by atoms with Gasteiger partial charge in [-0.05, 0) is 6.42 Å². The number of aryl methyl sites for hydroxylation is 1. The van der Waals surface area contributed by atoms with Gasteiger partial charge in [-0.1, -0.05) is 6.92 Å². The molecule has 2 aromatic heterocycles. The number of hydrogen-bond donors (Lipinski definition) is 3. The third kappa shape index (κ3) is 3.36. The molecule has 0 aromatic carbocycles. The molecule has 9 heteroatoms. The van der Waals surface area contributed by atoms with E-state index in [1.54, 1.807) is 11.6 Å². The van der Waals surface area contributed by atoms with Gasteiger partial charge in [0.1, 0.15) is 0 Å². The molecule has 2 atom stereocenters. The van der Waals surface area contributed by atoms with Crippen molar-refractivity contribution in [3.63, 3.8) is 0 Å². The van der Waals surface area contributed by atoms with E-state index in [1.807, 2.05) is 6.92 Å². The average molecular weight is 325 g/mol. The van der Waals surface area contributed by atoms with Crippen molar-refractivity contribution in [2.24, 2.45) is 14.1 Å². The second-order valence-corrected chi connectivity index (χ2v) is 5.62. The largest absolute Gasteiger partial charge is 0.395 e. The highest BCUT2D eigenvalue weighted by atomic mass is 16.3. The number of aliphatic hydroxyl groups is 2. The summed E-state index contributed by atoms with van der Waals surface area (Å²) in [6.07, 6.45) is 1.44. The molecule has 9 nitrogen and oxygen atoms in total. The first-order chi connectivity index (χ1) is 10.9. The van der Waals surface area contributed by atoms with Crippen LogP contribution < -0.4 is 16.6 Å². The highest BCUT2D eigenvalue weighted by Gasteiger charge is 2.16. The lowest BCUT2D eigenvalue weighted by atomic mass is 10.2. The maximum absolute atomic E-state index is 12.3. The molecule has 0 amide bonds. The smallest absolute Gasteiger partial charge is 0.332 e. The van der Waals surface area contributed by atoms with Gasteiger partial charge in [0, 0.05) is 26.7 Å². The zero-order chi connectivity index (χ0) is 17.1. The quantitative estimate of drug-likeness (QED) is 0.551. The predicted molar refractivity (Wildman–Crippen MR) is 85.4 cm³/mol. The summed E-state index contributed by atoms with van der Waals surface area (Å²) in [6, 6.07) is -0.0714. The average Bonchev–Trinajstić information content (AvgIpc) is 2.95.